The molecule has 1 amide bonds. The van der Waals surface area contributed by atoms with E-state index < -0.39 is 10.8 Å². The maximum atomic E-state index is 13.6. The highest BCUT2D eigenvalue weighted by atomic mass is 35.5. The molecule has 0 saturated carbocycles. The van der Waals surface area contributed by atoms with Crippen molar-refractivity contribution in [2.45, 2.75) is 19.0 Å². The number of non-ortho nitro benzene ring substituents is 1. The highest BCUT2D eigenvalue weighted by Gasteiger charge is 2.42. The first-order chi connectivity index (χ1) is 16.9. The van der Waals surface area contributed by atoms with E-state index in [9.17, 15) is 19.3 Å². The summed E-state index contributed by atoms with van der Waals surface area (Å²) in [6.07, 6.45) is 0.378. The Balaban J connectivity index is 1.44. The van der Waals surface area contributed by atoms with Crippen molar-refractivity contribution in [2.24, 2.45) is 5.92 Å². The molecule has 2 atom stereocenters. The van der Waals surface area contributed by atoms with Gasteiger partial charge in [0.05, 0.1) is 27.6 Å². The van der Waals surface area contributed by atoms with Crippen LogP contribution in [-0.2, 0) is 17.8 Å². The number of anilines is 2. The summed E-state index contributed by atoms with van der Waals surface area (Å²) in [6.45, 7) is 2.14. The summed E-state index contributed by atoms with van der Waals surface area (Å²) in [6, 6.07) is 18.5. The monoisotopic (exact) mass is 494 g/mol. The lowest BCUT2D eigenvalue weighted by atomic mass is 9.83. The van der Waals surface area contributed by atoms with Crippen molar-refractivity contribution in [3.05, 3.63) is 98.8 Å². The Hall–Kier alpha value is -3.65. The third-order valence-corrected chi connectivity index (χ3v) is 7.11. The average Bonchev–Trinajstić information content (AvgIpc) is 2.86. The second-order valence-electron chi connectivity index (χ2n) is 8.89. The van der Waals surface area contributed by atoms with E-state index in [2.05, 4.69) is 15.1 Å². The van der Waals surface area contributed by atoms with Crippen LogP contribution >= 0.6 is 11.6 Å². The van der Waals surface area contributed by atoms with E-state index in [0.29, 0.717) is 36.6 Å². The lowest BCUT2D eigenvalue weighted by Crippen LogP contribution is -2.61. The summed E-state index contributed by atoms with van der Waals surface area (Å²) in [5.41, 5.74) is 3.31. The van der Waals surface area contributed by atoms with E-state index in [4.69, 9.17) is 11.6 Å². The Labute approximate surface area is 207 Å². The highest BCUT2D eigenvalue weighted by Crippen LogP contribution is 2.39. The summed E-state index contributed by atoms with van der Waals surface area (Å²) < 4.78 is 13.6. The van der Waals surface area contributed by atoms with Crippen molar-refractivity contribution in [3.8, 4) is 0 Å². The Kier molecular flexibility index (Phi) is 6.30. The Morgan fingerprint density at radius 3 is 2.69 bits per heavy atom. The molecule has 9 heteroatoms. The molecule has 1 saturated heterocycles. The van der Waals surface area contributed by atoms with E-state index in [1.165, 1.54) is 18.2 Å². The molecule has 2 heterocycles. The molecule has 3 aromatic rings. The SMILES string of the molecule is O=C(NCc1cccc(F)c1)C1Cc2cc([N+](=O)[O-])ccc2N2CCN(c3ccccc3Cl)CC12. The van der Waals surface area contributed by atoms with Gasteiger partial charge in [-0.2, -0.15) is 0 Å². The van der Waals surface area contributed by atoms with Crippen LogP contribution in [0.1, 0.15) is 11.1 Å². The fraction of sp³-hybridized carbons (Fsp3) is 0.269. The molecule has 0 radical (unpaired) electrons. The van der Waals surface area contributed by atoms with E-state index in [0.717, 1.165) is 16.9 Å². The number of benzene rings is 3. The molecular weight excluding hydrogens is 471 g/mol. The summed E-state index contributed by atoms with van der Waals surface area (Å²) in [7, 11) is 0. The number of para-hydroxylation sites is 1. The number of nitrogens with zero attached hydrogens (tertiary/aromatic N) is 3. The van der Waals surface area contributed by atoms with Gasteiger partial charge in [-0.1, -0.05) is 35.9 Å². The second-order valence-corrected chi connectivity index (χ2v) is 9.29. The van der Waals surface area contributed by atoms with Gasteiger partial charge in [0.1, 0.15) is 5.82 Å². The number of piperazine rings is 1. The smallest absolute Gasteiger partial charge is 0.269 e. The van der Waals surface area contributed by atoms with Gasteiger partial charge in [0.25, 0.3) is 5.69 Å². The quantitative estimate of drug-likeness (QED) is 0.415. The Bertz CT molecular complexity index is 1290. The van der Waals surface area contributed by atoms with Crippen LogP contribution in [0.5, 0.6) is 0 Å². The molecule has 0 spiro atoms. The largest absolute Gasteiger partial charge is 0.366 e. The zero-order chi connectivity index (χ0) is 24.5. The lowest BCUT2D eigenvalue weighted by Gasteiger charge is -2.49. The number of carbonyl (C=O) groups excluding carboxylic acids is 1. The first kappa shape index (κ1) is 23.1. The topological polar surface area (TPSA) is 78.7 Å². The van der Waals surface area contributed by atoms with Crippen molar-refractivity contribution < 1.29 is 14.1 Å². The number of amides is 1. The molecule has 0 aromatic heterocycles. The molecule has 2 unspecified atom stereocenters. The maximum absolute atomic E-state index is 13.6. The molecule has 180 valence electrons. The molecule has 1 fully saturated rings. The predicted octanol–water partition coefficient (Wildman–Crippen LogP) is 4.57. The molecule has 2 aliphatic rings. The minimum absolute atomic E-state index is 0.0100. The van der Waals surface area contributed by atoms with E-state index in [1.807, 2.05) is 24.3 Å². The number of nitro benzene ring substituents is 1. The van der Waals surface area contributed by atoms with Crippen molar-refractivity contribution in [1.82, 2.24) is 5.32 Å². The van der Waals surface area contributed by atoms with Gasteiger partial charge >= 0.3 is 0 Å². The second kappa shape index (κ2) is 9.54. The molecule has 35 heavy (non-hydrogen) atoms. The number of halogens is 2. The van der Waals surface area contributed by atoms with E-state index >= 15 is 0 Å². The number of rotatable bonds is 5. The molecule has 5 rings (SSSR count). The summed E-state index contributed by atoms with van der Waals surface area (Å²) >= 11 is 6.46. The number of fused-ring (bicyclic) bond motifs is 3. The van der Waals surface area contributed by atoms with Crippen molar-refractivity contribution >= 4 is 34.6 Å². The van der Waals surface area contributed by atoms with Crippen LogP contribution in [0, 0.1) is 21.8 Å². The Morgan fingerprint density at radius 2 is 1.91 bits per heavy atom. The van der Waals surface area contributed by atoms with Crippen molar-refractivity contribution in [2.75, 3.05) is 29.4 Å². The van der Waals surface area contributed by atoms with Crippen LogP contribution in [0.4, 0.5) is 21.5 Å². The van der Waals surface area contributed by atoms with Crippen LogP contribution < -0.4 is 15.1 Å². The summed E-state index contributed by atoms with van der Waals surface area (Å²) in [5.74, 6) is -0.963. The first-order valence-electron chi connectivity index (χ1n) is 11.5. The van der Waals surface area contributed by atoms with Gasteiger partial charge in [-0.15, -0.1) is 0 Å². The third kappa shape index (κ3) is 4.66. The molecule has 1 N–H and O–H groups in total. The number of nitro groups is 1. The summed E-state index contributed by atoms with van der Waals surface area (Å²) in [5, 5.41) is 15.0. The van der Waals surface area contributed by atoms with Crippen molar-refractivity contribution in [1.29, 1.82) is 0 Å². The van der Waals surface area contributed by atoms with Crippen LogP contribution in [0.3, 0.4) is 0 Å². The maximum Gasteiger partial charge on any atom is 0.269 e. The zero-order valence-electron chi connectivity index (χ0n) is 18.9. The molecular formula is C26H24ClFN4O3. The molecule has 0 aliphatic carbocycles. The van der Waals surface area contributed by atoms with Gasteiger partial charge in [0.15, 0.2) is 0 Å². The third-order valence-electron chi connectivity index (χ3n) is 6.79. The number of nitrogens with one attached hydrogen (secondary N) is 1. The van der Waals surface area contributed by atoms with Crippen LogP contribution in [0.15, 0.2) is 66.7 Å². The summed E-state index contributed by atoms with van der Waals surface area (Å²) in [4.78, 5) is 28.8. The number of hydrogen-bond donors (Lipinski definition) is 1. The van der Waals surface area contributed by atoms with E-state index in [-0.39, 0.29) is 30.0 Å². The fourth-order valence-electron chi connectivity index (χ4n) is 5.12. The zero-order valence-corrected chi connectivity index (χ0v) is 19.6. The minimum Gasteiger partial charge on any atom is -0.366 e. The van der Waals surface area contributed by atoms with Gasteiger partial charge in [-0.25, -0.2) is 4.39 Å². The van der Waals surface area contributed by atoms with Crippen molar-refractivity contribution in [3.63, 3.8) is 0 Å². The minimum atomic E-state index is -0.441. The van der Waals surface area contributed by atoms with Crippen LogP contribution in [0.25, 0.3) is 0 Å². The van der Waals surface area contributed by atoms with Crippen LogP contribution in [0.2, 0.25) is 5.02 Å². The predicted molar refractivity (Wildman–Crippen MR) is 133 cm³/mol. The molecule has 0 bridgehead atoms. The standard InChI is InChI=1S/C26H24ClFN4O3/c27-22-6-1-2-7-24(22)30-10-11-31-23-9-8-20(32(34)35)13-18(23)14-21(25(31)16-30)26(33)29-15-17-4-3-5-19(28)12-17/h1-9,12-13,21,25H,10-11,14-16H2,(H,29,33). The average molecular weight is 495 g/mol. The van der Waals surface area contributed by atoms with Gasteiger partial charge in [-0.05, 0) is 47.9 Å². The molecule has 7 nitrogen and oxygen atoms in total. The highest BCUT2D eigenvalue weighted by molar-refractivity contribution is 6.33. The van der Waals surface area contributed by atoms with Gasteiger partial charge < -0.3 is 15.1 Å². The normalized spacial score (nSPS) is 19.0. The fourth-order valence-corrected chi connectivity index (χ4v) is 5.37. The lowest BCUT2D eigenvalue weighted by molar-refractivity contribution is -0.384. The first-order valence-corrected chi connectivity index (χ1v) is 11.8. The van der Waals surface area contributed by atoms with Crippen LogP contribution in [-0.4, -0.2) is 36.5 Å². The number of hydrogen-bond acceptors (Lipinski definition) is 5. The van der Waals surface area contributed by atoms with Gasteiger partial charge in [0.2, 0.25) is 5.91 Å². The number of carbonyl (C=O) groups is 1. The molecule has 3 aromatic carbocycles. The Morgan fingerprint density at radius 1 is 1.09 bits per heavy atom. The van der Waals surface area contributed by atoms with E-state index in [1.54, 1.807) is 24.3 Å². The molecule has 2 aliphatic heterocycles. The van der Waals surface area contributed by atoms with Gasteiger partial charge in [0, 0.05) is 44.0 Å². The van der Waals surface area contributed by atoms with Gasteiger partial charge in [-0.3, -0.25) is 14.9 Å².